The van der Waals surface area contributed by atoms with E-state index in [1.165, 1.54) is 34.3 Å². The highest BCUT2D eigenvalue weighted by atomic mass is 16.5. The first-order valence-corrected chi connectivity index (χ1v) is 9.59. The van der Waals surface area contributed by atoms with Crippen LogP contribution in [0, 0.1) is 5.92 Å². The molecule has 0 fully saturated rings. The molecule has 1 unspecified atom stereocenters. The van der Waals surface area contributed by atoms with Gasteiger partial charge in [0.15, 0.2) is 17.3 Å². The van der Waals surface area contributed by atoms with Gasteiger partial charge in [0, 0.05) is 12.5 Å². The van der Waals surface area contributed by atoms with Crippen LogP contribution in [0.2, 0.25) is 0 Å². The van der Waals surface area contributed by atoms with E-state index in [1.807, 2.05) is 6.07 Å². The average Bonchev–Trinajstić information content (AvgIpc) is 2.96. The predicted octanol–water partition coefficient (Wildman–Crippen LogP) is 2.15. The van der Waals surface area contributed by atoms with Gasteiger partial charge in [-0.3, -0.25) is 14.4 Å². The molecule has 8 nitrogen and oxygen atoms in total. The smallest absolute Gasteiger partial charge is 0.314 e. The average molecular weight is 415 g/mol. The molecule has 0 heterocycles. The summed E-state index contributed by atoms with van der Waals surface area (Å²) in [7, 11) is 4.55. The van der Waals surface area contributed by atoms with E-state index in [1.54, 1.807) is 6.08 Å². The maximum atomic E-state index is 12.4. The van der Waals surface area contributed by atoms with Crippen LogP contribution in [-0.2, 0) is 20.8 Å². The van der Waals surface area contributed by atoms with Crippen molar-refractivity contribution in [1.29, 1.82) is 0 Å². The highest BCUT2D eigenvalue weighted by molar-refractivity contribution is 6.07. The minimum absolute atomic E-state index is 0.00160. The Morgan fingerprint density at radius 1 is 1.10 bits per heavy atom. The maximum absolute atomic E-state index is 12.4. The predicted molar refractivity (Wildman–Crippen MR) is 109 cm³/mol. The van der Waals surface area contributed by atoms with Gasteiger partial charge in [-0.15, -0.1) is 0 Å². The summed E-state index contributed by atoms with van der Waals surface area (Å²) in [5.41, 5.74) is 2.96. The third-order valence-electron chi connectivity index (χ3n) is 5.51. The Labute approximate surface area is 174 Å². The van der Waals surface area contributed by atoms with E-state index in [-0.39, 0.29) is 12.3 Å². The van der Waals surface area contributed by atoms with E-state index >= 15 is 0 Å². The Kier molecular flexibility index (Phi) is 6.14. The number of hydrogen-bond donors (Lipinski definition) is 2. The number of methoxy groups -OCH3 is 3. The summed E-state index contributed by atoms with van der Waals surface area (Å²) in [5.74, 6) is -1.77. The van der Waals surface area contributed by atoms with Crippen molar-refractivity contribution >= 4 is 23.2 Å². The van der Waals surface area contributed by atoms with Crippen molar-refractivity contribution < 1.29 is 33.7 Å². The number of benzene rings is 1. The zero-order valence-corrected chi connectivity index (χ0v) is 17.4. The molecular weight excluding hydrogens is 390 g/mol. The van der Waals surface area contributed by atoms with E-state index in [0.29, 0.717) is 46.8 Å². The lowest BCUT2D eigenvalue weighted by Gasteiger charge is -2.23. The van der Waals surface area contributed by atoms with E-state index < -0.39 is 23.7 Å². The first-order chi connectivity index (χ1) is 14.3. The highest BCUT2D eigenvalue weighted by Gasteiger charge is 2.36. The van der Waals surface area contributed by atoms with Crippen molar-refractivity contribution in [3.63, 3.8) is 0 Å². The molecule has 0 saturated carbocycles. The summed E-state index contributed by atoms with van der Waals surface area (Å²) < 4.78 is 16.7. The fourth-order valence-electron chi connectivity index (χ4n) is 4.18. The van der Waals surface area contributed by atoms with Crippen molar-refractivity contribution in [1.82, 2.24) is 5.32 Å². The highest BCUT2D eigenvalue weighted by Crippen LogP contribution is 2.48. The normalized spacial score (nSPS) is 20.5. The van der Waals surface area contributed by atoms with Crippen LogP contribution >= 0.6 is 0 Å². The van der Waals surface area contributed by atoms with Crippen molar-refractivity contribution in [2.24, 2.45) is 5.92 Å². The zero-order valence-electron chi connectivity index (χ0n) is 17.4. The third-order valence-corrected chi connectivity index (χ3v) is 5.51. The van der Waals surface area contributed by atoms with E-state index in [9.17, 15) is 19.5 Å². The number of hydrogen-bond acceptors (Lipinski definition) is 6. The minimum atomic E-state index is -1.21. The van der Waals surface area contributed by atoms with Gasteiger partial charge in [0.05, 0.1) is 27.4 Å². The summed E-state index contributed by atoms with van der Waals surface area (Å²) in [4.78, 5) is 36.0. The second-order valence-electron chi connectivity index (χ2n) is 7.24. The van der Waals surface area contributed by atoms with Crippen molar-refractivity contribution in [2.45, 2.75) is 32.2 Å². The summed E-state index contributed by atoms with van der Waals surface area (Å²) in [6, 6.07) is 1.44. The number of fused-ring (bicyclic) bond motifs is 2. The number of carbonyl (C=O) groups excluding carboxylic acids is 2. The molecule has 1 aromatic rings. The minimum Gasteiger partial charge on any atom is -0.493 e. The summed E-state index contributed by atoms with van der Waals surface area (Å²) in [5, 5.41) is 12.5. The number of ether oxygens (including phenoxy) is 3. The quantitative estimate of drug-likeness (QED) is 0.709. The number of carboxylic acids is 1. The molecule has 2 aliphatic rings. The van der Waals surface area contributed by atoms with Crippen LogP contribution in [0.3, 0.4) is 0 Å². The summed E-state index contributed by atoms with van der Waals surface area (Å²) >= 11 is 0. The van der Waals surface area contributed by atoms with Crippen LogP contribution in [0.5, 0.6) is 17.2 Å². The molecular formula is C22H25NO7. The molecule has 160 valence electrons. The van der Waals surface area contributed by atoms with Gasteiger partial charge in [0.2, 0.25) is 11.7 Å². The number of nitrogens with one attached hydrogen (secondary N) is 1. The lowest BCUT2D eigenvalue weighted by atomic mass is 9.88. The number of ketones is 1. The SMILES string of the molecule is COc1cc2c(c(OC)c1OC)C1=C(CC(C(=O)O)C(=O)C=C1)[C@@H](NC(C)=O)CC2. The Hall–Kier alpha value is -3.29. The van der Waals surface area contributed by atoms with Crippen LogP contribution in [0.25, 0.3) is 5.57 Å². The summed E-state index contributed by atoms with van der Waals surface area (Å²) in [6.07, 6.45) is 4.03. The molecule has 3 rings (SSSR count). The molecule has 0 aromatic heterocycles. The van der Waals surface area contributed by atoms with E-state index in [4.69, 9.17) is 14.2 Å². The van der Waals surface area contributed by atoms with Crippen LogP contribution in [-0.4, -0.2) is 50.1 Å². The van der Waals surface area contributed by atoms with Crippen LogP contribution < -0.4 is 19.5 Å². The standard InChI is InChI=1S/C22H25NO7/c1-11(24)23-16-7-5-12-9-18(28-2)20(29-3)21(30-4)19(12)13-6-8-17(25)15(22(26)27)10-14(13)16/h6,8-9,15-16H,5,7,10H2,1-4H3,(H,23,24)(H,26,27)/t15?,16-/m0/s1. The van der Waals surface area contributed by atoms with Gasteiger partial charge >= 0.3 is 5.97 Å². The third kappa shape index (κ3) is 3.77. The molecule has 1 aromatic carbocycles. The van der Waals surface area contributed by atoms with Gasteiger partial charge < -0.3 is 24.6 Å². The fourth-order valence-corrected chi connectivity index (χ4v) is 4.18. The Morgan fingerprint density at radius 3 is 2.37 bits per heavy atom. The molecule has 8 heteroatoms. The van der Waals surface area contributed by atoms with Crippen LogP contribution in [0.4, 0.5) is 0 Å². The van der Waals surface area contributed by atoms with Gasteiger partial charge in [-0.1, -0.05) is 6.08 Å². The molecule has 2 atom stereocenters. The maximum Gasteiger partial charge on any atom is 0.314 e. The lowest BCUT2D eigenvalue weighted by Crippen LogP contribution is -2.36. The van der Waals surface area contributed by atoms with Crippen molar-refractivity contribution in [2.75, 3.05) is 21.3 Å². The largest absolute Gasteiger partial charge is 0.493 e. The molecule has 30 heavy (non-hydrogen) atoms. The zero-order chi connectivity index (χ0) is 22.0. The molecule has 0 radical (unpaired) electrons. The molecule has 0 spiro atoms. The number of carbonyl (C=O) groups is 3. The number of carboxylic acid groups (broad SMARTS) is 1. The molecule has 2 aliphatic carbocycles. The van der Waals surface area contributed by atoms with Crippen molar-refractivity contribution in [3.8, 4) is 17.2 Å². The van der Waals surface area contributed by atoms with Gasteiger partial charge in [-0.05, 0) is 48.1 Å². The van der Waals surface area contributed by atoms with Gasteiger partial charge in [-0.25, -0.2) is 0 Å². The van der Waals surface area contributed by atoms with E-state index in [0.717, 1.165) is 5.56 Å². The Morgan fingerprint density at radius 2 is 1.80 bits per heavy atom. The van der Waals surface area contributed by atoms with Gasteiger partial charge in [-0.2, -0.15) is 0 Å². The van der Waals surface area contributed by atoms with Gasteiger partial charge in [0.1, 0.15) is 5.92 Å². The number of amides is 1. The Balaban J connectivity index is 2.33. The first kappa shape index (κ1) is 21.4. The van der Waals surface area contributed by atoms with Crippen LogP contribution in [0.15, 0.2) is 23.8 Å². The monoisotopic (exact) mass is 415 g/mol. The number of rotatable bonds is 5. The molecule has 0 aliphatic heterocycles. The molecule has 2 N–H and O–H groups in total. The second kappa shape index (κ2) is 8.61. The second-order valence-corrected chi connectivity index (χ2v) is 7.24. The number of allylic oxidation sites excluding steroid dienone is 3. The fraction of sp³-hybridized carbons (Fsp3) is 0.409. The molecule has 1 amide bonds. The first-order valence-electron chi connectivity index (χ1n) is 9.59. The molecule has 0 bridgehead atoms. The van der Waals surface area contributed by atoms with Crippen molar-refractivity contribution in [3.05, 3.63) is 34.9 Å². The number of aliphatic carboxylic acids is 1. The van der Waals surface area contributed by atoms with E-state index in [2.05, 4.69) is 5.32 Å². The van der Waals surface area contributed by atoms with Crippen LogP contribution in [0.1, 0.15) is 30.9 Å². The number of aryl methyl sites for hydroxylation is 1. The van der Waals surface area contributed by atoms with Gasteiger partial charge in [0.25, 0.3) is 0 Å². The Bertz CT molecular complexity index is 961. The topological polar surface area (TPSA) is 111 Å². The summed E-state index contributed by atoms with van der Waals surface area (Å²) in [6.45, 7) is 1.41. The lowest BCUT2D eigenvalue weighted by molar-refractivity contribution is -0.144. The molecule has 0 saturated heterocycles.